The maximum absolute atomic E-state index is 10.9. The summed E-state index contributed by atoms with van der Waals surface area (Å²) >= 11 is 0. The second-order valence-corrected chi connectivity index (χ2v) is 5.43. The highest BCUT2D eigenvalue weighted by Crippen LogP contribution is 2.41. The van der Waals surface area contributed by atoms with Gasteiger partial charge in [0.2, 0.25) is 0 Å². The van der Waals surface area contributed by atoms with Gasteiger partial charge in [-0.1, -0.05) is 31.2 Å². The summed E-state index contributed by atoms with van der Waals surface area (Å²) in [6.07, 6.45) is 2.30. The van der Waals surface area contributed by atoms with Crippen LogP contribution in [-0.2, 0) is 10.3 Å². The van der Waals surface area contributed by atoms with Crippen molar-refractivity contribution >= 4 is 0 Å². The molecule has 0 radical (unpaired) electrons. The van der Waals surface area contributed by atoms with Gasteiger partial charge in [0.25, 0.3) is 0 Å². The zero-order valence-corrected chi connectivity index (χ0v) is 11.0. The molecule has 2 heteroatoms. The molecule has 1 aliphatic rings. The summed E-state index contributed by atoms with van der Waals surface area (Å²) < 4.78 is 5.81. The van der Waals surface area contributed by atoms with E-state index in [9.17, 15) is 5.11 Å². The molecule has 0 aromatic heterocycles. The van der Waals surface area contributed by atoms with E-state index in [1.807, 2.05) is 18.2 Å². The molecule has 0 aliphatic carbocycles. The molecule has 94 valence electrons. The number of benzene rings is 1. The fourth-order valence-corrected chi connectivity index (χ4v) is 2.78. The van der Waals surface area contributed by atoms with Gasteiger partial charge in [0, 0.05) is 12.8 Å². The molecule has 2 rings (SSSR count). The van der Waals surface area contributed by atoms with Gasteiger partial charge >= 0.3 is 0 Å². The summed E-state index contributed by atoms with van der Waals surface area (Å²) in [5.74, 6) is 0. The molecule has 1 heterocycles. The van der Waals surface area contributed by atoms with E-state index in [0.29, 0.717) is 19.4 Å². The Hall–Kier alpha value is -0.860. The van der Waals surface area contributed by atoms with Crippen LogP contribution in [0.5, 0.6) is 0 Å². The summed E-state index contributed by atoms with van der Waals surface area (Å²) in [5.41, 5.74) is 1.29. The first-order valence-electron chi connectivity index (χ1n) is 6.42. The Kier molecular flexibility index (Phi) is 3.28. The van der Waals surface area contributed by atoms with Crippen molar-refractivity contribution in [2.24, 2.45) is 0 Å². The third-order valence-electron chi connectivity index (χ3n) is 4.03. The van der Waals surface area contributed by atoms with Crippen LogP contribution in [-0.4, -0.2) is 17.3 Å². The largest absolute Gasteiger partial charge is 0.385 e. The lowest BCUT2D eigenvalue weighted by atomic mass is 9.76. The van der Waals surface area contributed by atoms with Crippen molar-refractivity contribution < 1.29 is 9.84 Å². The molecular formula is C15H22O2. The quantitative estimate of drug-likeness (QED) is 0.851. The average Bonchev–Trinajstić information content (AvgIpc) is 2.29. The lowest BCUT2D eigenvalue weighted by molar-refractivity contribution is -0.157. The maximum atomic E-state index is 10.9. The van der Waals surface area contributed by atoms with E-state index in [1.54, 1.807) is 0 Å². The number of rotatable bonds is 2. The standard InChI is InChI=1S/C15H22O2/c1-4-14(3)11-15(16,9-10-17-14)13-8-6-5-7-12(13)2/h5-8,16H,4,9-11H2,1-3H3. The third kappa shape index (κ3) is 2.38. The molecule has 17 heavy (non-hydrogen) atoms. The summed E-state index contributed by atoms with van der Waals surface area (Å²) in [4.78, 5) is 0. The van der Waals surface area contributed by atoms with Gasteiger partial charge < -0.3 is 9.84 Å². The molecule has 0 bridgehead atoms. The highest BCUT2D eigenvalue weighted by atomic mass is 16.5. The van der Waals surface area contributed by atoms with Crippen molar-refractivity contribution in [1.29, 1.82) is 0 Å². The summed E-state index contributed by atoms with van der Waals surface area (Å²) in [7, 11) is 0. The lowest BCUT2D eigenvalue weighted by Gasteiger charge is -2.43. The van der Waals surface area contributed by atoms with Gasteiger partial charge in [0.15, 0.2) is 0 Å². The molecule has 1 fully saturated rings. The smallest absolute Gasteiger partial charge is 0.0948 e. The molecule has 0 spiro atoms. The molecule has 0 amide bonds. The Morgan fingerprint density at radius 3 is 2.71 bits per heavy atom. The second-order valence-electron chi connectivity index (χ2n) is 5.43. The van der Waals surface area contributed by atoms with E-state index in [4.69, 9.17) is 4.74 Å². The van der Waals surface area contributed by atoms with Crippen LogP contribution >= 0.6 is 0 Å². The zero-order chi connectivity index (χ0) is 12.5. The van der Waals surface area contributed by atoms with Gasteiger partial charge in [0.05, 0.1) is 17.8 Å². The maximum Gasteiger partial charge on any atom is 0.0948 e. The van der Waals surface area contributed by atoms with Crippen molar-refractivity contribution in [3.63, 3.8) is 0 Å². The fourth-order valence-electron chi connectivity index (χ4n) is 2.78. The number of hydrogen-bond acceptors (Lipinski definition) is 2. The summed E-state index contributed by atoms with van der Waals surface area (Å²) in [6, 6.07) is 8.11. The average molecular weight is 234 g/mol. The Morgan fingerprint density at radius 1 is 1.35 bits per heavy atom. The summed E-state index contributed by atoms with van der Waals surface area (Å²) in [5, 5.41) is 10.9. The van der Waals surface area contributed by atoms with E-state index >= 15 is 0 Å². The van der Waals surface area contributed by atoms with Gasteiger partial charge in [0.1, 0.15) is 0 Å². The van der Waals surface area contributed by atoms with Crippen LogP contribution in [0.4, 0.5) is 0 Å². The van der Waals surface area contributed by atoms with Crippen LogP contribution in [0.15, 0.2) is 24.3 Å². The first-order chi connectivity index (χ1) is 7.99. The van der Waals surface area contributed by atoms with E-state index < -0.39 is 5.60 Å². The van der Waals surface area contributed by atoms with E-state index in [1.165, 1.54) is 0 Å². The van der Waals surface area contributed by atoms with Crippen molar-refractivity contribution in [2.75, 3.05) is 6.61 Å². The second kappa shape index (κ2) is 4.43. The number of aliphatic hydroxyl groups is 1. The number of ether oxygens (including phenoxy) is 1. The van der Waals surface area contributed by atoms with Crippen LogP contribution < -0.4 is 0 Å². The summed E-state index contributed by atoms with van der Waals surface area (Å²) in [6.45, 7) is 6.90. The first kappa shape index (κ1) is 12.6. The lowest BCUT2D eigenvalue weighted by Crippen LogP contribution is -2.45. The molecule has 0 saturated carbocycles. The van der Waals surface area contributed by atoms with Gasteiger partial charge in [-0.15, -0.1) is 0 Å². The zero-order valence-electron chi connectivity index (χ0n) is 11.0. The first-order valence-corrected chi connectivity index (χ1v) is 6.42. The van der Waals surface area contributed by atoms with Crippen LogP contribution in [0.1, 0.15) is 44.2 Å². The minimum absolute atomic E-state index is 0.199. The number of aryl methyl sites for hydroxylation is 1. The van der Waals surface area contributed by atoms with Gasteiger partial charge in [-0.3, -0.25) is 0 Å². The van der Waals surface area contributed by atoms with Crippen LogP contribution in [0.25, 0.3) is 0 Å². The van der Waals surface area contributed by atoms with Crippen molar-refractivity contribution in [3.8, 4) is 0 Å². The van der Waals surface area contributed by atoms with E-state index in [-0.39, 0.29) is 5.60 Å². The van der Waals surface area contributed by atoms with E-state index in [0.717, 1.165) is 17.5 Å². The van der Waals surface area contributed by atoms with Crippen LogP contribution in [0.3, 0.4) is 0 Å². The fraction of sp³-hybridized carbons (Fsp3) is 0.600. The predicted molar refractivity (Wildman–Crippen MR) is 69.0 cm³/mol. The Balaban J connectivity index is 2.33. The molecular weight excluding hydrogens is 212 g/mol. The van der Waals surface area contributed by atoms with Crippen molar-refractivity contribution in [2.45, 2.75) is 51.2 Å². The molecule has 1 N–H and O–H groups in total. The highest BCUT2D eigenvalue weighted by Gasteiger charge is 2.42. The molecule has 1 saturated heterocycles. The topological polar surface area (TPSA) is 29.5 Å². The van der Waals surface area contributed by atoms with Gasteiger partial charge in [-0.25, -0.2) is 0 Å². The molecule has 1 aromatic carbocycles. The monoisotopic (exact) mass is 234 g/mol. The molecule has 2 nitrogen and oxygen atoms in total. The third-order valence-corrected chi connectivity index (χ3v) is 4.03. The molecule has 1 aromatic rings. The van der Waals surface area contributed by atoms with Crippen LogP contribution in [0, 0.1) is 6.92 Å². The number of hydrogen-bond donors (Lipinski definition) is 1. The molecule has 1 aliphatic heterocycles. The van der Waals surface area contributed by atoms with Crippen molar-refractivity contribution in [1.82, 2.24) is 0 Å². The van der Waals surface area contributed by atoms with Crippen molar-refractivity contribution in [3.05, 3.63) is 35.4 Å². The minimum Gasteiger partial charge on any atom is -0.385 e. The Bertz CT molecular complexity index is 402. The van der Waals surface area contributed by atoms with Crippen LogP contribution in [0.2, 0.25) is 0 Å². The Labute approximate surface area is 104 Å². The van der Waals surface area contributed by atoms with Gasteiger partial charge in [-0.05, 0) is 31.4 Å². The SMILES string of the molecule is CCC1(C)CC(O)(c2ccccc2C)CCO1. The highest BCUT2D eigenvalue weighted by molar-refractivity contribution is 5.32. The van der Waals surface area contributed by atoms with Gasteiger partial charge in [-0.2, -0.15) is 0 Å². The predicted octanol–water partition coefficient (Wildman–Crippen LogP) is 3.16. The molecule has 2 unspecified atom stereocenters. The normalized spacial score (nSPS) is 33.6. The Morgan fingerprint density at radius 2 is 2.06 bits per heavy atom. The minimum atomic E-state index is -0.728. The van der Waals surface area contributed by atoms with E-state index in [2.05, 4.69) is 26.8 Å². The molecule has 2 atom stereocenters.